The Morgan fingerprint density at radius 1 is 1.14 bits per heavy atom. The number of aryl methyl sites for hydroxylation is 1. The summed E-state index contributed by atoms with van der Waals surface area (Å²) < 4.78 is 1.53. The zero-order valence-electron chi connectivity index (χ0n) is 20.5. The highest BCUT2D eigenvalue weighted by Gasteiger charge is 2.58. The first-order valence-electron chi connectivity index (χ1n) is 12.7. The first-order valence-corrected chi connectivity index (χ1v) is 12.7. The summed E-state index contributed by atoms with van der Waals surface area (Å²) in [5, 5.41) is 13.7. The van der Waals surface area contributed by atoms with Crippen LogP contribution in [-0.2, 0) is 18.3 Å². The maximum atomic E-state index is 13.8. The van der Waals surface area contributed by atoms with Crippen LogP contribution in [0.15, 0.2) is 73.1 Å². The highest BCUT2D eigenvalue weighted by Crippen LogP contribution is 2.64. The van der Waals surface area contributed by atoms with Crippen LogP contribution in [0.1, 0.15) is 64.8 Å². The third-order valence-corrected chi connectivity index (χ3v) is 8.13. The molecule has 1 saturated heterocycles. The molecule has 3 aromatic rings. The third kappa shape index (κ3) is 3.98. The maximum absolute atomic E-state index is 13.8. The Hall–Kier alpha value is -3.87. The fourth-order valence-corrected chi connectivity index (χ4v) is 6.09. The van der Waals surface area contributed by atoms with E-state index < -0.39 is 6.04 Å². The molecule has 3 N–H and O–H groups in total. The molecule has 184 valence electrons. The number of hydrogen-bond donors (Lipinski definition) is 3. The number of rotatable bonds is 6. The molecule has 1 aliphatic heterocycles. The zero-order valence-corrected chi connectivity index (χ0v) is 20.5. The van der Waals surface area contributed by atoms with E-state index in [1.807, 2.05) is 30.3 Å². The van der Waals surface area contributed by atoms with Gasteiger partial charge in [0, 0.05) is 30.5 Å². The summed E-state index contributed by atoms with van der Waals surface area (Å²) in [7, 11) is 1.73. The average molecular weight is 482 g/mol. The van der Waals surface area contributed by atoms with E-state index in [-0.39, 0.29) is 29.2 Å². The van der Waals surface area contributed by atoms with E-state index in [0.717, 1.165) is 43.5 Å². The molecule has 7 nitrogen and oxygen atoms in total. The molecule has 2 aliphatic carbocycles. The van der Waals surface area contributed by atoms with Gasteiger partial charge < -0.3 is 16.0 Å². The molecule has 6 rings (SSSR count). The second-order valence-electron chi connectivity index (χ2n) is 10.5. The van der Waals surface area contributed by atoms with Crippen LogP contribution in [0.3, 0.4) is 0 Å². The molecule has 7 heteroatoms. The lowest BCUT2D eigenvalue weighted by atomic mass is 9.82. The van der Waals surface area contributed by atoms with Crippen molar-refractivity contribution in [3.63, 3.8) is 0 Å². The number of nitrogens with zero attached hydrogens (tertiary/aromatic N) is 2. The number of aromatic nitrogens is 2. The van der Waals surface area contributed by atoms with Crippen molar-refractivity contribution in [2.75, 3.05) is 5.32 Å². The number of nitrogens with one attached hydrogen (secondary N) is 3. The molecule has 2 amide bonds. The Kier molecular flexibility index (Phi) is 5.43. The van der Waals surface area contributed by atoms with Crippen LogP contribution >= 0.6 is 0 Å². The molecule has 1 spiro atoms. The molecule has 2 unspecified atom stereocenters. The zero-order chi connectivity index (χ0) is 24.9. The number of fused-ring (bicyclic) bond motifs is 1. The van der Waals surface area contributed by atoms with Gasteiger partial charge in [-0.05, 0) is 72.4 Å². The van der Waals surface area contributed by atoms with Gasteiger partial charge in [-0.15, -0.1) is 0 Å². The maximum Gasteiger partial charge on any atom is 0.270 e. The Bertz CT molecular complexity index is 1340. The SMILES string of the molecule is C=C1CCC(c2ccc(NC(=O)[C@@H](NC(=O)c3ccnn3C)C3c4ccccc4CC34CC4)cc2)N1. The number of hydrogen-bond acceptors (Lipinski definition) is 4. The summed E-state index contributed by atoms with van der Waals surface area (Å²) in [6.07, 6.45) is 6.67. The normalized spacial score (nSPS) is 22.1. The van der Waals surface area contributed by atoms with E-state index in [2.05, 4.69) is 45.8 Å². The molecule has 2 aromatic carbocycles. The molecule has 1 saturated carbocycles. The van der Waals surface area contributed by atoms with Gasteiger partial charge in [0.25, 0.3) is 5.91 Å². The highest BCUT2D eigenvalue weighted by molar-refractivity contribution is 6.01. The van der Waals surface area contributed by atoms with E-state index >= 15 is 0 Å². The van der Waals surface area contributed by atoms with Crippen molar-refractivity contribution < 1.29 is 9.59 Å². The van der Waals surface area contributed by atoms with Crippen molar-refractivity contribution >= 4 is 17.5 Å². The van der Waals surface area contributed by atoms with Crippen LogP contribution in [0.2, 0.25) is 0 Å². The molecule has 0 bridgehead atoms. The largest absolute Gasteiger partial charge is 0.382 e. The fraction of sp³-hybridized carbons (Fsp3) is 0.345. The quantitative estimate of drug-likeness (QED) is 0.492. The van der Waals surface area contributed by atoms with Crippen LogP contribution in [0, 0.1) is 5.41 Å². The van der Waals surface area contributed by atoms with E-state index in [4.69, 9.17) is 0 Å². The summed E-state index contributed by atoms with van der Waals surface area (Å²) in [6, 6.07) is 17.5. The molecule has 1 aromatic heterocycles. The second-order valence-corrected chi connectivity index (χ2v) is 10.5. The number of amides is 2. The lowest BCUT2D eigenvalue weighted by molar-refractivity contribution is -0.118. The van der Waals surface area contributed by atoms with E-state index in [9.17, 15) is 9.59 Å². The Morgan fingerprint density at radius 2 is 1.92 bits per heavy atom. The van der Waals surface area contributed by atoms with E-state index in [1.165, 1.54) is 21.4 Å². The van der Waals surface area contributed by atoms with Gasteiger partial charge in [0.2, 0.25) is 5.91 Å². The standard InChI is InChI=1S/C29H31N5O2/c1-18-7-12-23(31-18)19-8-10-21(11-9-19)32-28(36)26(33-27(35)24-13-16-30-34(24)2)25-22-6-4-3-5-20(22)17-29(25)14-15-29/h3-6,8-11,13,16,23,25-26,31H,1,7,12,14-15,17H2,2H3,(H,32,36)(H,33,35)/t23?,25?,26-/m0/s1. The summed E-state index contributed by atoms with van der Waals surface area (Å²) >= 11 is 0. The smallest absolute Gasteiger partial charge is 0.270 e. The lowest BCUT2D eigenvalue weighted by Crippen LogP contribution is -2.49. The van der Waals surface area contributed by atoms with Crippen molar-refractivity contribution in [1.82, 2.24) is 20.4 Å². The van der Waals surface area contributed by atoms with E-state index in [1.54, 1.807) is 19.3 Å². The molecule has 2 fully saturated rings. The van der Waals surface area contributed by atoms with Gasteiger partial charge in [-0.25, -0.2) is 0 Å². The van der Waals surface area contributed by atoms with Gasteiger partial charge in [-0.3, -0.25) is 14.3 Å². The summed E-state index contributed by atoms with van der Waals surface area (Å²) in [5.74, 6) is -0.560. The van der Waals surface area contributed by atoms with Gasteiger partial charge >= 0.3 is 0 Å². The van der Waals surface area contributed by atoms with Crippen molar-refractivity contribution in [2.24, 2.45) is 12.5 Å². The lowest BCUT2D eigenvalue weighted by Gasteiger charge is -2.29. The Balaban J connectivity index is 1.28. The van der Waals surface area contributed by atoms with Crippen LogP contribution in [0.5, 0.6) is 0 Å². The molecular weight excluding hydrogens is 450 g/mol. The van der Waals surface area contributed by atoms with Crippen LogP contribution in [0.25, 0.3) is 0 Å². The molecule has 36 heavy (non-hydrogen) atoms. The van der Waals surface area contributed by atoms with Crippen LogP contribution < -0.4 is 16.0 Å². The minimum Gasteiger partial charge on any atom is -0.382 e. The number of anilines is 1. The van der Waals surface area contributed by atoms with Crippen LogP contribution in [-0.4, -0.2) is 27.6 Å². The summed E-state index contributed by atoms with van der Waals surface area (Å²) in [6.45, 7) is 4.02. The monoisotopic (exact) mass is 481 g/mol. The predicted molar refractivity (Wildman–Crippen MR) is 138 cm³/mol. The molecule has 2 heterocycles. The highest BCUT2D eigenvalue weighted by atomic mass is 16.2. The Morgan fingerprint density at radius 3 is 2.58 bits per heavy atom. The first-order chi connectivity index (χ1) is 17.4. The predicted octanol–water partition coefficient (Wildman–Crippen LogP) is 4.22. The summed E-state index contributed by atoms with van der Waals surface area (Å²) in [4.78, 5) is 27.1. The van der Waals surface area contributed by atoms with Gasteiger partial charge in [0.05, 0.1) is 6.04 Å². The number of benzene rings is 2. The van der Waals surface area contributed by atoms with Gasteiger partial charge in [-0.2, -0.15) is 5.10 Å². The van der Waals surface area contributed by atoms with Crippen molar-refractivity contribution in [2.45, 2.75) is 50.1 Å². The Labute approximate surface area is 211 Å². The van der Waals surface area contributed by atoms with Gasteiger partial charge in [0.15, 0.2) is 0 Å². The second kappa shape index (κ2) is 8.66. The number of carbonyl (C=O) groups excluding carboxylic acids is 2. The topological polar surface area (TPSA) is 88.1 Å². The fourth-order valence-electron chi connectivity index (χ4n) is 6.09. The molecule has 3 aliphatic rings. The summed E-state index contributed by atoms with van der Waals surface area (Å²) in [5.41, 5.74) is 5.87. The number of carbonyl (C=O) groups is 2. The van der Waals surface area contributed by atoms with Gasteiger partial charge in [0.1, 0.15) is 11.7 Å². The molecule has 3 atom stereocenters. The average Bonchev–Trinajstić information content (AvgIpc) is 3.17. The van der Waals surface area contributed by atoms with Gasteiger partial charge in [-0.1, -0.05) is 43.0 Å². The van der Waals surface area contributed by atoms with E-state index in [0.29, 0.717) is 5.69 Å². The number of allylic oxidation sites excluding steroid dienone is 1. The first kappa shape index (κ1) is 22.6. The minimum atomic E-state index is -0.696. The molecule has 0 radical (unpaired) electrons. The molecular formula is C29H31N5O2. The van der Waals surface area contributed by atoms with Crippen molar-refractivity contribution in [1.29, 1.82) is 0 Å². The van der Waals surface area contributed by atoms with Crippen LogP contribution in [0.4, 0.5) is 5.69 Å². The third-order valence-electron chi connectivity index (χ3n) is 8.13. The minimum absolute atomic E-state index is 0.0336. The van der Waals surface area contributed by atoms with Crippen molar-refractivity contribution in [3.05, 3.63) is 95.5 Å². The van der Waals surface area contributed by atoms with Crippen molar-refractivity contribution in [3.8, 4) is 0 Å².